The quantitative estimate of drug-likeness (QED) is 0.336. The molecular formula is C33H47N3O6. The van der Waals surface area contributed by atoms with Gasteiger partial charge in [0.05, 0.1) is 37.2 Å². The fourth-order valence-corrected chi connectivity index (χ4v) is 7.24. The van der Waals surface area contributed by atoms with Crippen LogP contribution in [0.15, 0.2) is 49.6 Å². The Morgan fingerprint density at radius 3 is 2.36 bits per heavy atom. The van der Waals surface area contributed by atoms with E-state index in [-0.39, 0.29) is 42.8 Å². The van der Waals surface area contributed by atoms with Crippen molar-refractivity contribution in [2.45, 2.75) is 83.7 Å². The Kier molecular flexibility index (Phi) is 9.83. The summed E-state index contributed by atoms with van der Waals surface area (Å²) in [5.41, 5.74) is -0.476. The minimum atomic E-state index is -1.14. The van der Waals surface area contributed by atoms with Crippen LogP contribution in [0.4, 0.5) is 5.69 Å². The molecule has 3 saturated heterocycles. The Morgan fingerprint density at radius 2 is 1.81 bits per heavy atom. The van der Waals surface area contributed by atoms with Gasteiger partial charge in [0.25, 0.3) is 0 Å². The SMILES string of the molecule is C=CCN(C(=O)[C@@H]1[C@@H]2CCC3(O2)C(C(=O)N(CC=C)C(C)C)N([C@@H](CO)CC(C)C)C(=O)[C@H]13)c1ccc(OCC)cc1. The molecule has 3 aliphatic heterocycles. The van der Waals surface area contributed by atoms with Crippen LogP contribution in [0.2, 0.25) is 0 Å². The van der Waals surface area contributed by atoms with E-state index in [0.29, 0.717) is 43.9 Å². The highest BCUT2D eigenvalue weighted by Crippen LogP contribution is 2.59. The third-order valence-electron chi connectivity index (χ3n) is 8.87. The third kappa shape index (κ3) is 5.49. The average molecular weight is 582 g/mol. The highest BCUT2D eigenvalue weighted by Gasteiger charge is 2.75. The Hall–Kier alpha value is -3.17. The molecule has 9 nitrogen and oxygen atoms in total. The number of rotatable bonds is 14. The largest absolute Gasteiger partial charge is 0.494 e. The van der Waals surface area contributed by atoms with Gasteiger partial charge in [0.1, 0.15) is 17.4 Å². The van der Waals surface area contributed by atoms with Crippen LogP contribution in [0.3, 0.4) is 0 Å². The maximum absolute atomic E-state index is 14.5. The molecule has 2 bridgehead atoms. The summed E-state index contributed by atoms with van der Waals surface area (Å²) in [7, 11) is 0. The number of hydrogen-bond donors (Lipinski definition) is 1. The van der Waals surface area contributed by atoms with Crippen molar-refractivity contribution in [3.8, 4) is 5.75 Å². The molecule has 0 saturated carbocycles. The molecule has 3 fully saturated rings. The predicted molar refractivity (Wildman–Crippen MR) is 162 cm³/mol. The van der Waals surface area contributed by atoms with Gasteiger partial charge in [-0.2, -0.15) is 0 Å². The van der Waals surface area contributed by atoms with E-state index in [9.17, 15) is 19.5 Å². The van der Waals surface area contributed by atoms with Crippen molar-refractivity contribution in [3.05, 3.63) is 49.6 Å². The second-order valence-corrected chi connectivity index (χ2v) is 12.3. The molecule has 0 aromatic heterocycles. The summed E-state index contributed by atoms with van der Waals surface area (Å²) in [6, 6.07) is 5.63. The molecule has 3 aliphatic rings. The van der Waals surface area contributed by atoms with Crippen molar-refractivity contribution in [2.75, 3.05) is 31.2 Å². The van der Waals surface area contributed by atoms with Crippen LogP contribution in [0.1, 0.15) is 53.9 Å². The zero-order valence-corrected chi connectivity index (χ0v) is 25.7. The molecular weight excluding hydrogens is 534 g/mol. The first kappa shape index (κ1) is 31.8. The highest BCUT2D eigenvalue weighted by molar-refractivity contribution is 6.03. The lowest BCUT2D eigenvalue weighted by molar-refractivity contribution is -0.152. The van der Waals surface area contributed by atoms with Gasteiger partial charge in [-0.1, -0.05) is 26.0 Å². The van der Waals surface area contributed by atoms with Gasteiger partial charge in [-0.05, 0) is 70.2 Å². The lowest BCUT2D eigenvalue weighted by Gasteiger charge is -2.40. The zero-order valence-electron chi connectivity index (χ0n) is 25.7. The minimum absolute atomic E-state index is 0.139. The molecule has 4 rings (SSSR count). The number of carbonyl (C=O) groups excluding carboxylic acids is 3. The van der Waals surface area contributed by atoms with Crippen molar-refractivity contribution in [1.82, 2.24) is 9.80 Å². The Morgan fingerprint density at radius 1 is 1.14 bits per heavy atom. The van der Waals surface area contributed by atoms with Gasteiger partial charge in [-0.15, -0.1) is 13.2 Å². The predicted octanol–water partition coefficient (Wildman–Crippen LogP) is 3.81. The van der Waals surface area contributed by atoms with Gasteiger partial charge in [-0.25, -0.2) is 0 Å². The Labute approximate surface area is 250 Å². The number of aliphatic hydroxyl groups is 1. The second-order valence-electron chi connectivity index (χ2n) is 12.3. The number of fused-ring (bicyclic) bond motifs is 1. The van der Waals surface area contributed by atoms with E-state index in [1.54, 1.807) is 26.9 Å². The normalized spacial score (nSPS) is 26.9. The van der Waals surface area contributed by atoms with E-state index in [4.69, 9.17) is 9.47 Å². The molecule has 1 aromatic rings. The number of likely N-dealkylation sites (tertiary alicyclic amines) is 1. The number of benzene rings is 1. The van der Waals surface area contributed by atoms with E-state index in [1.165, 1.54) is 0 Å². The summed E-state index contributed by atoms with van der Waals surface area (Å²) in [6.07, 6.45) is 4.44. The van der Waals surface area contributed by atoms with Crippen LogP contribution in [0, 0.1) is 17.8 Å². The first-order valence-electron chi connectivity index (χ1n) is 15.2. The molecule has 1 N–H and O–H groups in total. The molecule has 3 amide bonds. The van der Waals surface area contributed by atoms with Crippen molar-refractivity contribution < 1.29 is 29.0 Å². The molecule has 9 heteroatoms. The smallest absolute Gasteiger partial charge is 0.248 e. The first-order valence-corrected chi connectivity index (χ1v) is 15.2. The van der Waals surface area contributed by atoms with Gasteiger partial charge < -0.3 is 29.3 Å². The molecule has 0 aliphatic carbocycles. The maximum atomic E-state index is 14.5. The maximum Gasteiger partial charge on any atom is 0.248 e. The van der Waals surface area contributed by atoms with E-state index in [2.05, 4.69) is 13.2 Å². The third-order valence-corrected chi connectivity index (χ3v) is 8.87. The Balaban J connectivity index is 1.77. The summed E-state index contributed by atoms with van der Waals surface area (Å²) < 4.78 is 12.2. The monoisotopic (exact) mass is 581 g/mol. The van der Waals surface area contributed by atoms with Crippen LogP contribution >= 0.6 is 0 Å². The topological polar surface area (TPSA) is 99.6 Å². The summed E-state index contributed by atoms with van der Waals surface area (Å²) in [4.78, 5) is 48.2. The second kappa shape index (κ2) is 13.0. The standard InChI is InChI=1S/C33H47N3O6/c1-8-17-34(22(6)7)32(40)29-33-16-15-26(42-33)27(28(33)31(39)36(29)24(20-37)19-21(4)5)30(38)35(18-9-2)23-11-13-25(14-12-23)41-10-3/h8-9,11-14,21-22,24,26-29,37H,1-2,10,15-20H2,3-7H3/t24-,26+,27-,28+,29?,33?/m1/s1. The van der Waals surface area contributed by atoms with Crippen molar-refractivity contribution >= 4 is 23.4 Å². The van der Waals surface area contributed by atoms with Crippen LogP contribution in [-0.2, 0) is 19.1 Å². The van der Waals surface area contributed by atoms with E-state index >= 15 is 0 Å². The number of carbonyl (C=O) groups is 3. The average Bonchev–Trinajstić information content (AvgIpc) is 3.60. The van der Waals surface area contributed by atoms with Gasteiger partial charge in [0, 0.05) is 24.8 Å². The van der Waals surface area contributed by atoms with Gasteiger partial charge in [0.15, 0.2) is 0 Å². The number of amides is 3. The van der Waals surface area contributed by atoms with Crippen LogP contribution < -0.4 is 9.64 Å². The highest BCUT2D eigenvalue weighted by atomic mass is 16.5. The molecule has 2 unspecified atom stereocenters. The molecule has 6 atom stereocenters. The number of ether oxygens (including phenoxy) is 2. The zero-order chi connectivity index (χ0) is 30.8. The number of hydrogen-bond acceptors (Lipinski definition) is 6. The number of nitrogens with zero attached hydrogens (tertiary/aromatic N) is 3. The fraction of sp³-hybridized carbons (Fsp3) is 0.606. The molecule has 0 radical (unpaired) electrons. The summed E-state index contributed by atoms with van der Waals surface area (Å²) in [6.45, 7) is 18.3. The molecule has 230 valence electrons. The fourth-order valence-electron chi connectivity index (χ4n) is 7.24. The number of anilines is 1. The summed E-state index contributed by atoms with van der Waals surface area (Å²) >= 11 is 0. The van der Waals surface area contributed by atoms with Crippen molar-refractivity contribution in [2.24, 2.45) is 17.8 Å². The molecule has 1 spiro atoms. The number of aliphatic hydroxyl groups excluding tert-OH is 1. The van der Waals surface area contributed by atoms with E-state index in [0.717, 1.165) is 0 Å². The van der Waals surface area contributed by atoms with E-state index in [1.807, 2.05) is 58.9 Å². The molecule has 1 aromatic carbocycles. The van der Waals surface area contributed by atoms with Crippen LogP contribution in [-0.4, -0.2) is 88.8 Å². The van der Waals surface area contributed by atoms with Gasteiger partial charge in [0.2, 0.25) is 17.7 Å². The van der Waals surface area contributed by atoms with Gasteiger partial charge >= 0.3 is 0 Å². The van der Waals surface area contributed by atoms with Crippen LogP contribution in [0.5, 0.6) is 5.75 Å². The minimum Gasteiger partial charge on any atom is -0.494 e. The van der Waals surface area contributed by atoms with Crippen LogP contribution in [0.25, 0.3) is 0 Å². The summed E-state index contributed by atoms with van der Waals surface area (Å²) in [5.74, 6) is -1.46. The molecule has 42 heavy (non-hydrogen) atoms. The molecule has 3 heterocycles. The van der Waals surface area contributed by atoms with E-state index < -0.39 is 35.6 Å². The Bertz CT molecular complexity index is 1170. The first-order chi connectivity index (χ1) is 20.1. The van der Waals surface area contributed by atoms with Crippen molar-refractivity contribution in [1.29, 1.82) is 0 Å². The van der Waals surface area contributed by atoms with Crippen molar-refractivity contribution in [3.63, 3.8) is 0 Å². The lowest BCUT2D eigenvalue weighted by Crippen LogP contribution is -2.60. The lowest BCUT2D eigenvalue weighted by atomic mass is 9.70. The van der Waals surface area contributed by atoms with Gasteiger partial charge in [-0.3, -0.25) is 14.4 Å². The summed E-state index contributed by atoms with van der Waals surface area (Å²) in [5, 5.41) is 10.5.